The van der Waals surface area contributed by atoms with Crippen LogP contribution >= 0.6 is 0 Å². The van der Waals surface area contributed by atoms with Crippen LogP contribution in [0.15, 0.2) is 144 Å². The number of rotatable bonds is 3. The topological polar surface area (TPSA) is 43.9 Å². The van der Waals surface area contributed by atoms with Crippen molar-refractivity contribution in [2.45, 2.75) is 19.3 Å². The Morgan fingerprint density at radius 3 is 2.09 bits per heavy atom. The molecule has 222 valence electrons. The first kappa shape index (κ1) is 26.2. The smallest absolute Gasteiger partial charge is 0.162 e. The quantitative estimate of drug-likeness (QED) is 0.202. The molecule has 0 amide bonds. The average molecular weight is 604 g/mol. The lowest BCUT2D eigenvalue weighted by Gasteiger charge is -2.24. The summed E-state index contributed by atoms with van der Waals surface area (Å²) in [6.07, 6.45) is 0. The Bertz CT molecular complexity index is 2710. The lowest BCUT2D eigenvalue weighted by molar-refractivity contribution is 0.658. The summed E-state index contributed by atoms with van der Waals surface area (Å²) in [5.41, 5.74) is 12.5. The van der Waals surface area contributed by atoms with Crippen LogP contribution in [-0.2, 0) is 5.41 Å². The molecule has 0 fully saturated rings. The van der Waals surface area contributed by atoms with E-state index in [1.807, 2.05) is 12.1 Å². The molecule has 9 aromatic rings. The predicted octanol–water partition coefficient (Wildman–Crippen LogP) is 11.1. The Balaban J connectivity index is 1.29. The maximum absolute atomic E-state index is 6.39. The van der Waals surface area contributed by atoms with E-state index in [0.29, 0.717) is 5.82 Å². The Morgan fingerprint density at radius 2 is 1.21 bits per heavy atom. The van der Waals surface area contributed by atoms with E-state index in [4.69, 9.17) is 14.4 Å². The highest BCUT2D eigenvalue weighted by Gasteiger charge is 2.40. The van der Waals surface area contributed by atoms with Crippen LogP contribution in [0.3, 0.4) is 0 Å². The lowest BCUT2D eigenvalue weighted by atomic mass is 9.81. The third kappa shape index (κ3) is 3.64. The SMILES string of the molecule is CC1(C)c2ccccc2-c2nc(-c3ccccc3-n3c4ccccc4c4cc5c(cc43)oc3ccccc35)nc(-c3ccccc3)c21. The van der Waals surface area contributed by atoms with Gasteiger partial charge in [-0.3, -0.25) is 0 Å². The maximum atomic E-state index is 6.39. The van der Waals surface area contributed by atoms with E-state index in [9.17, 15) is 0 Å². The van der Waals surface area contributed by atoms with Gasteiger partial charge in [0.05, 0.1) is 28.1 Å². The van der Waals surface area contributed by atoms with Crippen molar-refractivity contribution in [2.75, 3.05) is 0 Å². The van der Waals surface area contributed by atoms with Gasteiger partial charge in [-0.15, -0.1) is 0 Å². The summed E-state index contributed by atoms with van der Waals surface area (Å²) >= 11 is 0. The second-order valence-corrected chi connectivity index (χ2v) is 13.0. The molecular weight excluding hydrogens is 574 g/mol. The van der Waals surface area contributed by atoms with Crippen molar-refractivity contribution < 1.29 is 4.42 Å². The van der Waals surface area contributed by atoms with Gasteiger partial charge in [0.1, 0.15) is 11.2 Å². The molecule has 0 saturated heterocycles. The van der Waals surface area contributed by atoms with Crippen LogP contribution in [0, 0.1) is 0 Å². The van der Waals surface area contributed by atoms with Gasteiger partial charge in [0, 0.05) is 55.3 Å². The minimum absolute atomic E-state index is 0.236. The first-order valence-electron chi connectivity index (χ1n) is 16.1. The second kappa shape index (κ2) is 9.51. The van der Waals surface area contributed by atoms with Crippen LogP contribution in [0.25, 0.3) is 83.3 Å². The van der Waals surface area contributed by atoms with Crippen LogP contribution in [0.1, 0.15) is 25.0 Å². The molecule has 0 atom stereocenters. The fourth-order valence-electron chi connectivity index (χ4n) is 7.85. The van der Waals surface area contributed by atoms with Crippen molar-refractivity contribution in [3.05, 3.63) is 151 Å². The van der Waals surface area contributed by atoms with Gasteiger partial charge in [-0.25, -0.2) is 9.97 Å². The second-order valence-electron chi connectivity index (χ2n) is 13.0. The Morgan fingerprint density at radius 1 is 0.532 bits per heavy atom. The van der Waals surface area contributed by atoms with Crippen molar-refractivity contribution in [3.63, 3.8) is 0 Å². The molecular formula is C43H29N3O. The molecule has 6 aromatic carbocycles. The van der Waals surface area contributed by atoms with Crippen LogP contribution in [0.2, 0.25) is 0 Å². The molecule has 47 heavy (non-hydrogen) atoms. The van der Waals surface area contributed by atoms with E-state index >= 15 is 0 Å². The molecule has 4 nitrogen and oxygen atoms in total. The minimum atomic E-state index is -0.236. The van der Waals surface area contributed by atoms with Gasteiger partial charge >= 0.3 is 0 Å². The third-order valence-electron chi connectivity index (χ3n) is 9.99. The van der Waals surface area contributed by atoms with Crippen molar-refractivity contribution in [1.82, 2.24) is 14.5 Å². The van der Waals surface area contributed by atoms with Crippen molar-refractivity contribution >= 4 is 43.7 Å². The number of para-hydroxylation sites is 3. The summed E-state index contributed by atoms with van der Waals surface area (Å²) in [5, 5.41) is 4.63. The van der Waals surface area contributed by atoms with Crippen LogP contribution in [0.5, 0.6) is 0 Å². The van der Waals surface area contributed by atoms with Gasteiger partial charge in [-0.1, -0.05) is 117 Å². The van der Waals surface area contributed by atoms with Gasteiger partial charge in [0.25, 0.3) is 0 Å². The zero-order valence-corrected chi connectivity index (χ0v) is 26.0. The average Bonchev–Trinajstić information content (AvgIpc) is 3.72. The van der Waals surface area contributed by atoms with Crippen LogP contribution < -0.4 is 0 Å². The summed E-state index contributed by atoms with van der Waals surface area (Å²) in [7, 11) is 0. The molecule has 0 unspecified atom stereocenters. The normalized spacial score (nSPS) is 13.5. The molecule has 0 saturated carbocycles. The predicted molar refractivity (Wildman–Crippen MR) is 192 cm³/mol. The molecule has 1 aliphatic rings. The minimum Gasteiger partial charge on any atom is -0.456 e. The zero-order valence-electron chi connectivity index (χ0n) is 26.0. The summed E-state index contributed by atoms with van der Waals surface area (Å²) < 4.78 is 8.74. The van der Waals surface area contributed by atoms with E-state index in [2.05, 4.69) is 146 Å². The third-order valence-corrected chi connectivity index (χ3v) is 9.99. The molecule has 1 aliphatic carbocycles. The number of fused-ring (bicyclic) bond motifs is 9. The van der Waals surface area contributed by atoms with Crippen molar-refractivity contribution in [1.29, 1.82) is 0 Å². The highest BCUT2D eigenvalue weighted by atomic mass is 16.3. The number of furan rings is 1. The molecule has 3 heterocycles. The standard InChI is InChI=1S/C43H29N3O/c1-43(2)33-20-10-6-18-29(33)41-39(43)40(26-14-4-3-5-15-26)44-42(45-41)30-19-8-12-22-35(30)46-34-21-11-7-16-27(34)31-24-32-28-17-9-13-23-37(28)47-38(32)25-36(31)46/h3-25H,1-2H3. The Hall–Kier alpha value is -6.00. The Labute approximate surface area is 271 Å². The first-order chi connectivity index (χ1) is 23.1. The molecule has 0 radical (unpaired) electrons. The molecule has 0 bridgehead atoms. The van der Waals surface area contributed by atoms with Gasteiger partial charge < -0.3 is 8.98 Å². The van der Waals surface area contributed by atoms with E-state index in [1.165, 1.54) is 27.5 Å². The molecule has 0 N–H and O–H groups in total. The van der Waals surface area contributed by atoms with Crippen molar-refractivity contribution in [3.8, 4) is 39.6 Å². The number of hydrogen-bond acceptors (Lipinski definition) is 3. The maximum Gasteiger partial charge on any atom is 0.162 e. The monoisotopic (exact) mass is 603 g/mol. The fraction of sp³-hybridized carbons (Fsp3) is 0.0698. The van der Waals surface area contributed by atoms with E-state index in [0.717, 1.165) is 61.2 Å². The highest BCUT2D eigenvalue weighted by Crippen LogP contribution is 2.51. The summed E-state index contributed by atoms with van der Waals surface area (Å²) in [6.45, 7) is 4.58. The van der Waals surface area contributed by atoms with Gasteiger partial charge in [-0.05, 0) is 35.9 Å². The number of benzene rings is 6. The fourth-order valence-corrected chi connectivity index (χ4v) is 7.85. The summed E-state index contributed by atoms with van der Waals surface area (Å²) in [6, 6.07) is 49.1. The van der Waals surface area contributed by atoms with Gasteiger partial charge in [-0.2, -0.15) is 0 Å². The van der Waals surface area contributed by atoms with E-state index < -0.39 is 0 Å². The molecule has 0 spiro atoms. The van der Waals surface area contributed by atoms with Gasteiger partial charge in [0.15, 0.2) is 5.82 Å². The Kier molecular flexibility index (Phi) is 5.31. The summed E-state index contributed by atoms with van der Waals surface area (Å²) in [5.74, 6) is 0.710. The molecule has 3 aromatic heterocycles. The van der Waals surface area contributed by atoms with Crippen LogP contribution in [0.4, 0.5) is 0 Å². The zero-order chi connectivity index (χ0) is 31.3. The number of hydrogen-bond donors (Lipinski definition) is 0. The summed E-state index contributed by atoms with van der Waals surface area (Å²) in [4.78, 5) is 10.8. The molecule has 10 rings (SSSR count). The number of nitrogens with zero attached hydrogens (tertiary/aromatic N) is 3. The van der Waals surface area contributed by atoms with E-state index in [-0.39, 0.29) is 5.41 Å². The van der Waals surface area contributed by atoms with Gasteiger partial charge in [0.2, 0.25) is 0 Å². The highest BCUT2D eigenvalue weighted by molar-refractivity contribution is 6.17. The lowest BCUT2D eigenvalue weighted by Crippen LogP contribution is -2.17. The molecule has 4 heteroatoms. The van der Waals surface area contributed by atoms with E-state index in [1.54, 1.807) is 0 Å². The number of aromatic nitrogens is 3. The van der Waals surface area contributed by atoms with Crippen molar-refractivity contribution in [2.24, 2.45) is 0 Å². The first-order valence-corrected chi connectivity index (χ1v) is 16.1. The molecule has 0 aliphatic heterocycles. The van der Waals surface area contributed by atoms with Crippen LogP contribution in [-0.4, -0.2) is 14.5 Å². The largest absolute Gasteiger partial charge is 0.456 e.